The van der Waals surface area contributed by atoms with Crippen molar-refractivity contribution in [3.8, 4) is 5.75 Å². The van der Waals surface area contributed by atoms with Crippen LogP contribution in [0.4, 0.5) is 0 Å². The minimum Gasteiger partial charge on any atom is -0.491 e. The number of nitrogens with one attached hydrogen (secondary N) is 1. The van der Waals surface area contributed by atoms with Crippen LogP contribution < -0.4 is 10.1 Å². The molecule has 4 heteroatoms. The van der Waals surface area contributed by atoms with E-state index in [1.807, 2.05) is 38.4 Å². The van der Waals surface area contributed by atoms with Crippen LogP contribution in [-0.2, 0) is 0 Å². The van der Waals surface area contributed by atoms with E-state index in [9.17, 15) is 4.79 Å². The first-order chi connectivity index (χ1) is 8.66. The number of ketones is 1. The number of carbonyl (C=O) groups excluding carboxylic acids is 1. The molecule has 0 fully saturated rings. The second-order valence-electron chi connectivity index (χ2n) is 4.89. The lowest BCUT2D eigenvalue weighted by molar-refractivity contribution is 0.0971. The molecule has 1 aliphatic rings. The van der Waals surface area contributed by atoms with E-state index in [4.69, 9.17) is 4.74 Å². The Labute approximate surface area is 108 Å². The van der Waals surface area contributed by atoms with Crippen LogP contribution in [0, 0.1) is 0 Å². The third kappa shape index (κ3) is 3.31. The van der Waals surface area contributed by atoms with Crippen LogP contribution >= 0.6 is 0 Å². The van der Waals surface area contributed by atoms with Gasteiger partial charge < -0.3 is 15.0 Å². The summed E-state index contributed by atoms with van der Waals surface area (Å²) in [6.45, 7) is 2.37. The highest BCUT2D eigenvalue weighted by Crippen LogP contribution is 2.23. The molecule has 0 bridgehead atoms. The topological polar surface area (TPSA) is 41.6 Å². The fourth-order valence-electron chi connectivity index (χ4n) is 2.03. The molecule has 0 aromatic heterocycles. The summed E-state index contributed by atoms with van der Waals surface area (Å²) in [5.41, 5.74) is 0.703. The highest BCUT2D eigenvalue weighted by Gasteiger charge is 2.22. The summed E-state index contributed by atoms with van der Waals surface area (Å²) in [7, 11) is 4.07. The Morgan fingerprint density at radius 1 is 1.39 bits per heavy atom. The molecule has 2 rings (SSSR count). The number of benzene rings is 1. The molecule has 1 heterocycles. The third-order valence-electron chi connectivity index (χ3n) is 3.05. The Balaban J connectivity index is 1.94. The molecular weight excluding hydrogens is 228 g/mol. The van der Waals surface area contributed by atoms with Gasteiger partial charge in [0, 0.05) is 25.6 Å². The molecule has 0 aliphatic carbocycles. The van der Waals surface area contributed by atoms with Gasteiger partial charge in [-0.3, -0.25) is 4.79 Å². The second kappa shape index (κ2) is 5.98. The molecule has 1 unspecified atom stereocenters. The van der Waals surface area contributed by atoms with Crippen molar-refractivity contribution in [1.82, 2.24) is 10.2 Å². The smallest absolute Gasteiger partial charge is 0.168 e. The van der Waals surface area contributed by atoms with Crippen molar-refractivity contribution in [2.24, 2.45) is 0 Å². The molecular formula is C14H20N2O2. The van der Waals surface area contributed by atoms with Gasteiger partial charge in [0.25, 0.3) is 0 Å². The summed E-state index contributed by atoms with van der Waals surface area (Å²) >= 11 is 0. The standard InChI is InChI=1S/C14H20N2O2/c1-16(2)8-7-15-11-9-13(17)12-5-3-4-6-14(12)18-10-11/h3-6,11,15H,7-10H2,1-2H3. The van der Waals surface area contributed by atoms with E-state index in [2.05, 4.69) is 10.2 Å². The zero-order chi connectivity index (χ0) is 13.0. The number of rotatable bonds is 4. The van der Waals surface area contributed by atoms with Gasteiger partial charge in [0.05, 0.1) is 5.56 Å². The Bertz CT molecular complexity index is 418. The number of para-hydroxylation sites is 1. The van der Waals surface area contributed by atoms with Gasteiger partial charge >= 0.3 is 0 Å². The van der Waals surface area contributed by atoms with E-state index in [0.29, 0.717) is 24.3 Å². The molecule has 1 N–H and O–H groups in total. The maximum atomic E-state index is 12.1. The van der Waals surface area contributed by atoms with Crippen molar-refractivity contribution >= 4 is 5.78 Å². The average Bonchev–Trinajstić information content (AvgIpc) is 2.50. The molecule has 0 amide bonds. The van der Waals surface area contributed by atoms with Gasteiger partial charge in [-0.15, -0.1) is 0 Å². The number of nitrogens with zero attached hydrogens (tertiary/aromatic N) is 1. The van der Waals surface area contributed by atoms with Crippen molar-refractivity contribution in [2.45, 2.75) is 12.5 Å². The van der Waals surface area contributed by atoms with Crippen molar-refractivity contribution in [3.05, 3.63) is 29.8 Å². The van der Waals surface area contributed by atoms with Crippen molar-refractivity contribution in [2.75, 3.05) is 33.8 Å². The first-order valence-corrected chi connectivity index (χ1v) is 6.30. The molecule has 18 heavy (non-hydrogen) atoms. The molecule has 1 aromatic rings. The van der Waals surface area contributed by atoms with Crippen molar-refractivity contribution in [3.63, 3.8) is 0 Å². The number of carbonyl (C=O) groups is 1. The Kier molecular flexibility index (Phi) is 4.33. The minimum absolute atomic E-state index is 0.102. The molecule has 0 saturated carbocycles. The zero-order valence-electron chi connectivity index (χ0n) is 11.0. The maximum absolute atomic E-state index is 12.1. The third-order valence-corrected chi connectivity index (χ3v) is 3.05. The van der Waals surface area contributed by atoms with Gasteiger partial charge in [0.1, 0.15) is 12.4 Å². The molecule has 0 spiro atoms. The fourth-order valence-corrected chi connectivity index (χ4v) is 2.03. The second-order valence-corrected chi connectivity index (χ2v) is 4.89. The normalized spacial score (nSPS) is 19.3. The van der Waals surface area contributed by atoms with Crippen LogP contribution in [0.3, 0.4) is 0 Å². The Hall–Kier alpha value is -1.39. The van der Waals surface area contributed by atoms with E-state index in [0.717, 1.165) is 13.1 Å². The molecule has 0 radical (unpaired) electrons. The van der Waals surface area contributed by atoms with Gasteiger partial charge in [-0.25, -0.2) is 0 Å². The van der Waals surface area contributed by atoms with Gasteiger partial charge in [0.15, 0.2) is 5.78 Å². The highest BCUT2D eigenvalue weighted by atomic mass is 16.5. The van der Waals surface area contributed by atoms with E-state index < -0.39 is 0 Å². The first-order valence-electron chi connectivity index (χ1n) is 6.30. The summed E-state index contributed by atoms with van der Waals surface area (Å²) in [4.78, 5) is 14.2. The number of ether oxygens (including phenoxy) is 1. The highest BCUT2D eigenvalue weighted by molar-refractivity contribution is 5.99. The lowest BCUT2D eigenvalue weighted by Crippen LogP contribution is -2.39. The van der Waals surface area contributed by atoms with Crippen molar-refractivity contribution < 1.29 is 9.53 Å². The van der Waals surface area contributed by atoms with Gasteiger partial charge in [0.2, 0.25) is 0 Å². The predicted octanol–water partition coefficient (Wildman–Crippen LogP) is 1.17. The number of likely N-dealkylation sites (N-methyl/N-ethyl adjacent to an activating group) is 1. The summed E-state index contributed by atoms with van der Waals surface area (Å²) in [6, 6.07) is 7.56. The molecule has 1 atom stereocenters. The number of Topliss-reactive ketones (excluding diaryl/α,β-unsaturated/α-hetero) is 1. The SMILES string of the molecule is CN(C)CCNC1COc2ccccc2C(=O)C1. The van der Waals surface area contributed by atoms with Crippen molar-refractivity contribution in [1.29, 1.82) is 0 Å². The molecule has 98 valence electrons. The summed E-state index contributed by atoms with van der Waals surface area (Å²) < 4.78 is 5.69. The monoisotopic (exact) mass is 248 g/mol. The maximum Gasteiger partial charge on any atom is 0.168 e. The van der Waals surface area contributed by atoms with Crippen LogP contribution in [0.5, 0.6) is 5.75 Å². The van der Waals surface area contributed by atoms with Crippen LogP contribution in [0.2, 0.25) is 0 Å². The lowest BCUT2D eigenvalue weighted by Gasteiger charge is -2.17. The largest absolute Gasteiger partial charge is 0.491 e. The molecule has 0 saturated heterocycles. The summed E-state index contributed by atoms with van der Waals surface area (Å²) in [5.74, 6) is 0.866. The van der Waals surface area contributed by atoms with Gasteiger partial charge in [-0.05, 0) is 26.2 Å². The van der Waals surface area contributed by atoms with E-state index in [1.54, 1.807) is 0 Å². The van der Waals surface area contributed by atoms with Crippen LogP contribution in [0.25, 0.3) is 0 Å². The minimum atomic E-state index is 0.102. The molecule has 1 aromatic carbocycles. The first kappa shape index (κ1) is 13.1. The van der Waals surface area contributed by atoms with Gasteiger partial charge in [-0.1, -0.05) is 12.1 Å². The predicted molar refractivity (Wildman–Crippen MR) is 71.2 cm³/mol. The Morgan fingerprint density at radius 3 is 2.94 bits per heavy atom. The number of fused-ring (bicyclic) bond motifs is 1. The van der Waals surface area contributed by atoms with E-state index >= 15 is 0 Å². The van der Waals surface area contributed by atoms with Gasteiger partial charge in [-0.2, -0.15) is 0 Å². The quantitative estimate of drug-likeness (QED) is 0.868. The van der Waals surface area contributed by atoms with Crippen LogP contribution in [-0.4, -0.2) is 50.5 Å². The van der Waals surface area contributed by atoms with E-state index in [-0.39, 0.29) is 11.8 Å². The fraction of sp³-hybridized carbons (Fsp3) is 0.500. The number of hydrogen-bond donors (Lipinski definition) is 1. The van der Waals surface area contributed by atoms with Crippen LogP contribution in [0.15, 0.2) is 24.3 Å². The Morgan fingerprint density at radius 2 is 2.17 bits per heavy atom. The lowest BCUT2D eigenvalue weighted by atomic mass is 10.0. The molecule has 1 aliphatic heterocycles. The summed E-state index contributed by atoms with van der Waals surface area (Å²) in [6.07, 6.45) is 0.504. The summed E-state index contributed by atoms with van der Waals surface area (Å²) in [5, 5.41) is 3.37. The number of hydrogen-bond acceptors (Lipinski definition) is 4. The van der Waals surface area contributed by atoms with Crippen LogP contribution in [0.1, 0.15) is 16.8 Å². The average molecular weight is 248 g/mol. The zero-order valence-corrected chi connectivity index (χ0v) is 11.0. The molecule has 4 nitrogen and oxygen atoms in total. The van der Waals surface area contributed by atoms with E-state index in [1.165, 1.54) is 0 Å².